The van der Waals surface area contributed by atoms with Gasteiger partial charge in [0.1, 0.15) is 12.1 Å². The average molecular weight is 382 g/mol. The van der Waals surface area contributed by atoms with Gasteiger partial charge < -0.3 is 19.9 Å². The molecule has 1 aromatic rings. The molecule has 1 fully saturated rings. The highest BCUT2D eigenvalue weighted by Gasteiger charge is 2.32. The van der Waals surface area contributed by atoms with Crippen molar-refractivity contribution in [2.45, 2.75) is 31.9 Å². The number of hydrogen-bond donors (Lipinski definition) is 1. The number of thioether (sulfide) groups is 1. The number of nitrogens with one attached hydrogen (secondary N) is 1. The highest BCUT2D eigenvalue weighted by molar-refractivity contribution is 7.98. The predicted molar refractivity (Wildman–Crippen MR) is 103 cm³/mol. The molecule has 1 aliphatic heterocycles. The molecule has 1 aromatic heterocycles. The monoisotopic (exact) mass is 381 g/mol. The van der Waals surface area contributed by atoms with Crippen LogP contribution in [0.25, 0.3) is 0 Å². The van der Waals surface area contributed by atoms with Crippen LogP contribution in [0.1, 0.15) is 19.8 Å². The number of carbonyl (C=O) groups is 2. The number of amides is 2. The van der Waals surface area contributed by atoms with Gasteiger partial charge in [-0.3, -0.25) is 14.6 Å². The molecule has 0 aliphatic carbocycles. The zero-order valence-electron chi connectivity index (χ0n) is 15.8. The summed E-state index contributed by atoms with van der Waals surface area (Å²) in [6, 6.07) is -0.476. The minimum atomic E-state index is -0.476. The van der Waals surface area contributed by atoms with Crippen molar-refractivity contribution in [3.8, 4) is 5.88 Å². The molecule has 9 heteroatoms. The summed E-state index contributed by atoms with van der Waals surface area (Å²) in [6.45, 7) is 2.54. The van der Waals surface area contributed by atoms with E-state index in [1.165, 1.54) is 6.92 Å². The summed E-state index contributed by atoms with van der Waals surface area (Å²) in [7, 11) is 3.78. The second-order valence-corrected chi connectivity index (χ2v) is 7.44. The van der Waals surface area contributed by atoms with Crippen LogP contribution in [0.15, 0.2) is 12.4 Å². The molecule has 0 bridgehead atoms. The summed E-state index contributed by atoms with van der Waals surface area (Å²) in [5.41, 5.74) is 0. The number of nitrogens with zero attached hydrogens (tertiary/aromatic N) is 4. The molecule has 0 saturated carbocycles. The SMILES string of the molecule is CSCC[C@H](NC(C)=O)C(=O)N1CC[C@@H](Oc2cncc(N(C)C)n2)C1. The van der Waals surface area contributed by atoms with Gasteiger partial charge in [-0.05, 0) is 18.4 Å². The van der Waals surface area contributed by atoms with E-state index in [4.69, 9.17) is 4.74 Å². The first kappa shape index (κ1) is 20.3. The third-order valence-electron chi connectivity index (χ3n) is 4.09. The van der Waals surface area contributed by atoms with Crippen LogP contribution < -0.4 is 15.0 Å². The van der Waals surface area contributed by atoms with Crippen LogP contribution in [0.2, 0.25) is 0 Å². The number of carbonyl (C=O) groups excluding carboxylic acids is 2. The minimum Gasteiger partial charge on any atom is -0.471 e. The number of likely N-dealkylation sites (tertiary alicyclic amines) is 1. The van der Waals surface area contributed by atoms with Gasteiger partial charge in [-0.1, -0.05) is 0 Å². The topological polar surface area (TPSA) is 87.7 Å². The summed E-state index contributed by atoms with van der Waals surface area (Å²) in [6.07, 6.45) is 6.46. The molecule has 1 N–H and O–H groups in total. The van der Waals surface area contributed by atoms with Crippen LogP contribution in [-0.2, 0) is 9.59 Å². The van der Waals surface area contributed by atoms with Crippen LogP contribution in [-0.4, -0.2) is 78.0 Å². The first-order valence-electron chi connectivity index (χ1n) is 8.61. The quantitative estimate of drug-likeness (QED) is 0.712. The number of rotatable bonds is 8. The van der Waals surface area contributed by atoms with Crippen molar-refractivity contribution >= 4 is 29.4 Å². The Kier molecular flexibility index (Phi) is 7.50. The van der Waals surface area contributed by atoms with Gasteiger partial charge in [-0.2, -0.15) is 16.7 Å². The van der Waals surface area contributed by atoms with Gasteiger partial charge in [0.25, 0.3) is 0 Å². The molecule has 8 nitrogen and oxygen atoms in total. The molecule has 0 spiro atoms. The Morgan fingerprint density at radius 1 is 1.46 bits per heavy atom. The molecule has 1 saturated heterocycles. The maximum absolute atomic E-state index is 12.7. The maximum Gasteiger partial charge on any atom is 0.245 e. The second kappa shape index (κ2) is 9.61. The van der Waals surface area contributed by atoms with Gasteiger partial charge in [0.05, 0.1) is 18.9 Å². The molecular weight excluding hydrogens is 354 g/mol. The first-order chi connectivity index (χ1) is 12.4. The molecule has 144 valence electrons. The highest BCUT2D eigenvalue weighted by Crippen LogP contribution is 2.19. The van der Waals surface area contributed by atoms with Crippen molar-refractivity contribution < 1.29 is 14.3 Å². The molecule has 2 amide bonds. The Balaban J connectivity index is 1.94. The maximum atomic E-state index is 12.7. The average Bonchev–Trinajstić information content (AvgIpc) is 3.06. The van der Waals surface area contributed by atoms with E-state index in [1.54, 1.807) is 29.1 Å². The smallest absolute Gasteiger partial charge is 0.245 e. The van der Waals surface area contributed by atoms with Crippen molar-refractivity contribution in [3.05, 3.63) is 12.4 Å². The minimum absolute atomic E-state index is 0.0477. The first-order valence-corrected chi connectivity index (χ1v) is 10.0. The van der Waals surface area contributed by atoms with Gasteiger partial charge in [-0.15, -0.1) is 0 Å². The molecular formula is C17H27N5O3S. The molecule has 1 aliphatic rings. The Morgan fingerprint density at radius 2 is 2.23 bits per heavy atom. The van der Waals surface area contributed by atoms with Crippen molar-refractivity contribution in [2.75, 3.05) is 44.1 Å². The van der Waals surface area contributed by atoms with Crippen LogP contribution in [0.3, 0.4) is 0 Å². The van der Waals surface area contributed by atoms with Gasteiger partial charge in [0.15, 0.2) is 5.82 Å². The van der Waals surface area contributed by atoms with E-state index in [1.807, 2.05) is 25.3 Å². The van der Waals surface area contributed by atoms with E-state index in [2.05, 4.69) is 15.3 Å². The number of anilines is 1. The molecule has 2 heterocycles. The molecule has 2 atom stereocenters. The fourth-order valence-corrected chi connectivity index (χ4v) is 3.24. The summed E-state index contributed by atoms with van der Waals surface area (Å²) in [5, 5.41) is 2.76. The molecule has 2 rings (SSSR count). The van der Waals surface area contributed by atoms with E-state index in [-0.39, 0.29) is 17.9 Å². The predicted octanol–water partition coefficient (Wildman–Crippen LogP) is 0.780. The standard InChI is InChI=1S/C17H27N5O3S/c1-12(23)19-14(6-8-26-4)17(24)22-7-5-13(11-22)25-16-10-18-9-15(20-16)21(2)3/h9-10,13-14H,5-8,11H2,1-4H3,(H,19,23)/t13-,14+/m1/s1. The fourth-order valence-electron chi connectivity index (χ4n) is 2.76. The third kappa shape index (κ3) is 5.76. The summed E-state index contributed by atoms with van der Waals surface area (Å²) in [5.74, 6) is 1.75. The Labute approximate surface area is 158 Å². The summed E-state index contributed by atoms with van der Waals surface area (Å²) < 4.78 is 5.90. The third-order valence-corrected chi connectivity index (χ3v) is 4.73. The van der Waals surface area contributed by atoms with Gasteiger partial charge in [0, 0.05) is 34.0 Å². The van der Waals surface area contributed by atoms with Crippen molar-refractivity contribution in [1.82, 2.24) is 20.2 Å². The van der Waals surface area contributed by atoms with E-state index >= 15 is 0 Å². The van der Waals surface area contributed by atoms with Crippen LogP contribution >= 0.6 is 11.8 Å². The van der Waals surface area contributed by atoms with E-state index in [0.29, 0.717) is 25.4 Å². The Morgan fingerprint density at radius 3 is 2.88 bits per heavy atom. The van der Waals surface area contributed by atoms with Crippen LogP contribution in [0.5, 0.6) is 5.88 Å². The lowest BCUT2D eigenvalue weighted by Crippen LogP contribution is -2.48. The van der Waals surface area contributed by atoms with Gasteiger partial charge in [0.2, 0.25) is 17.7 Å². The summed E-state index contributed by atoms with van der Waals surface area (Å²) >= 11 is 1.66. The van der Waals surface area contributed by atoms with Crippen molar-refractivity contribution in [3.63, 3.8) is 0 Å². The van der Waals surface area contributed by atoms with Crippen molar-refractivity contribution in [1.29, 1.82) is 0 Å². The number of ether oxygens (including phenoxy) is 1. The number of hydrogen-bond acceptors (Lipinski definition) is 7. The second-order valence-electron chi connectivity index (χ2n) is 6.46. The summed E-state index contributed by atoms with van der Waals surface area (Å²) in [4.78, 5) is 36.3. The Hall–Kier alpha value is -2.03. The van der Waals surface area contributed by atoms with E-state index in [9.17, 15) is 9.59 Å². The van der Waals surface area contributed by atoms with Crippen LogP contribution in [0, 0.1) is 0 Å². The Bertz CT molecular complexity index is 628. The fraction of sp³-hybridized carbons (Fsp3) is 0.647. The lowest BCUT2D eigenvalue weighted by atomic mass is 10.2. The van der Waals surface area contributed by atoms with Crippen molar-refractivity contribution in [2.24, 2.45) is 0 Å². The van der Waals surface area contributed by atoms with Gasteiger partial charge >= 0.3 is 0 Å². The molecule has 0 radical (unpaired) electrons. The molecule has 0 unspecified atom stereocenters. The largest absolute Gasteiger partial charge is 0.471 e. The zero-order valence-corrected chi connectivity index (χ0v) is 16.6. The number of aromatic nitrogens is 2. The highest BCUT2D eigenvalue weighted by atomic mass is 32.2. The van der Waals surface area contributed by atoms with E-state index in [0.717, 1.165) is 18.0 Å². The zero-order chi connectivity index (χ0) is 19.1. The lowest BCUT2D eigenvalue weighted by Gasteiger charge is -2.24. The van der Waals surface area contributed by atoms with E-state index < -0.39 is 6.04 Å². The lowest BCUT2D eigenvalue weighted by molar-refractivity contribution is -0.135. The molecule has 26 heavy (non-hydrogen) atoms. The normalized spacial score (nSPS) is 17.7. The molecule has 0 aromatic carbocycles. The van der Waals surface area contributed by atoms with Gasteiger partial charge in [-0.25, -0.2) is 0 Å². The van der Waals surface area contributed by atoms with Crippen LogP contribution in [0.4, 0.5) is 5.82 Å².